The van der Waals surface area contributed by atoms with Crippen LogP contribution in [0.2, 0.25) is 0 Å². The highest BCUT2D eigenvalue weighted by atomic mass is 16.5. The second-order valence-corrected chi connectivity index (χ2v) is 5.83. The number of rotatable bonds is 6. The largest absolute Gasteiger partial charge is 0.378 e. The van der Waals surface area contributed by atoms with Crippen LogP contribution in [0.1, 0.15) is 46.0 Å². The lowest BCUT2D eigenvalue weighted by molar-refractivity contribution is -0.126. The van der Waals surface area contributed by atoms with E-state index < -0.39 is 5.60 Å². The molecule has 0 spiro atoms. The van der Waals surface area contributed by atoms with Crippen LogP contribution >= 0.6 is 0 Å². The van der Waals surface area contributed by atoms with Gasteiger partial charge in [0.05, 0.1) is 12.0 Å². The van der Waals surface area contributed by atoms with Gasteiger partial charge in [0.2, 0.25) is 5.91 Å². The van der Waals surface area contributed by atoms with Gasteiger partial charge in [0.25, 0.3) is 0 Å². The first kappa shape index (κ1) is 14.5. The van der Waals surface area contributed by atoms with Gasteiger partial charge in [0.15, 0.2) is 0 Å². The Morgan fingerprint density at radius 1 is 1.41 bits per heavy atom. The Balaban J connectivity index is 2.37. The molecule has 100 valence electrons. The zero-order valence-corrected chi connectivity index (χ0v) is 11.3. The normalized spacial score (nSPS) is 19.3. The molecule has 0 aromatic carbocycles. The first-order chi connectivity index (χ1) is 7.93. The van der Waals surface area contributed by atoms with Gasteiger partial charge in [-0.1, -0.05) is 12.8 Å². The van der Waals surface area contributed by atoms with E-state index in [2.05, 4.69) is 5.32 Å². The molecule has 0 atom stereocenters. The molecule has 0 bridgehead atoms. The third-order valence-electron chi connectivity index (χ3n) is 3.90. The molecule has 3 N–H and O–H groups in total. The fourth-order valence-electron chi connectivity index (χ4n) is 2.39. The number of carbonyl (C=O) groups is 1. The molecule has 4 nitrogen and oxygen atoms in total. The first-order valence-electron chi connectivity index (χ1n) is 6.45. The third kappa shape index (κ3) is 4.28. The smallest absolute Gasteiger partial charge is 0.222 e. The molecule has 1 aliphatic rings. The average Bonchev–Trinajstić information content (AvgIpc) is 2.75. The Bertz CT molecular complexity index is 258. The molecule has 0 heterocycles. The highest BCUT2D eigenvalue weighted by Gasteiger charge is 2.33. The Morgan fingerprint density at radius 2 is 2.00 bits per heavy atom. The average molecular weight is 242 g/mol. The molecule has 1 aliphatic carbocycles. The second-order valence-electron chi connectivity index (χ2n) is 5.83. The van der Waals surface area contributed by atoms with Crippen molar-refractivity contribution in [1.82, 2.24) is 5.32 Å². The molecule has 17 heavy (non-hydrogen) atoms. The molecule has 0 saturated heterocycles. The van der Waals surface area contributed by atoms with E-state index in [1.807, 2.05) is 13.8 Å². The summed E-state index contributed by atoms with van der Waals surface area (Å²) in [5.41, 5.74) is 5.58. The van der Waals surface area contributed by atoms with Crippen molar-refractivity contribution in [3.63, 3.8) is 0 Å². The number of hydrogen-bond acceptors (Lipinski definition) is 3. The summed E-state index contributed by atoms with van der Waals surface area (Å²) in [5, 5.41) is 3.01. The van der Waals surface area contributed by atoms with Gasteiger partial charge < -0.3 is 15.8 Å². The van der Waals surface area contributed by atoms with Crippen LogP contribution in [0.3, 0.4) is 0 Å². The molecule has 1 saturated carbocycles. The Kier molecular flexibility index (Phi) is 4.95. The maximum Gasteiger partial charge on any atom is 0.222 e. The van der Waals surface area contributed by atoms with Crippen molar-refractivity contribution < 1.29 is 9.53 Å². The van der Waals surface area contributed by atoms with Crippen molar-refractivity contribution in [3.05, 3.63) is 0 Å². The summed E-state index contributed by atoms with van der Waals surface area (Å²) in [7, 11) is 1.63. The van der Waals surface area contributed by atoms with E-state index in [0.717, 1.165) is 12.8 Å². The molecule has 0 unspecified atom stereocenters. The van der Waals surface area contributed by atoms with Gasteiger partial charge in [-0.05, 0) is 38.6 Å². The van der Waals surface area contributed by atoms with Crippen LogP contribution in [0.4, 0.5) is 0 Å². The monoisotopic (exact) mass is 242 g/mol. The van der Waals surface area contributed by atoms with Crippen molar-refractivity contribution >= 4 is 5.91 Å². The van der Waals surface area contributed by atoms with Gasteiger partial charge in [0, 0.05) is 13.7 Å². The van der Waals surface area contributed by atoms with Crippen LogP contribution < -0.4 is 11.1 Å². The summed E-state index contributed by atoms with van der Waals surface area (Å²) in [6, 6.07) is 0. The summed E-state index contributed by atoms with van der Waals surface area (Å²) in [4.78, 5) is 11.8. The first-order valence-corrected chi connectivity index (χ1v) is 6.45. The van der Waals surface area contributed by atoms with Crippen LogP contribution in [0.15, 0.2) is 0 Å². The zero-order valence-electron chi connectivity index (χ0n) is 11.3. The van der Waals surface area contributed by atoms with Gasteiger partial charge in [-0.25, -0.2) is 0 Å². The van der Waals surface area contributed by atoms with Crippen LogP contribution in [0, 0.1) is 5.41 Å². The maximum absolute atomic E-state index is 11.8. The van der Waals surface area contributed by atoms with Crippen molar-refractivity contribution in [1.29, 1.82) is 0 Å². The standard InChI is InChI=1S/C13H26N2O2/c1-12(2,17-3)8-11(16)15-10-13(9-14)6-4-5-7-13/h4-10,14H2,1-3H3,(H,15,16). The van der Waals surface area contributed by atoms with Gasteiger partial charge in [-0.15, -0.1) is 0 Å². The van der Waals surface area contributed by atoms with E-state index >= 15 is 0 Å². The van der Waals surface area contributed by atoms with Crippen LogP contribution in [0.5, 0.6) is 0 Å². The zero-order chi connectivity index (χ0) is 12.9. The van der Waals surface area contributed by atoms with Gasteiger partial charge in [-0.3, -0.25) is 4.79 Å². The van der Waals surface area contributed by atoms with Gasteiger partial charge in [-0.2, -0.15) is 0 Å². The van der Waals surface area contributed by atoms with Crippen LogP contribution in [0.25, 0.3) is 0 Å². The van der Waals surface area contributed by atoms with Gasteiger partial charge >= 0.3 is 0 Å². The predicted octanol–water partition coefficient (Wildman–Crippen LogP) is 1.44. The summed E-state index contributed by atoms with van der Waals surface area (Å²) in [5.74, 6) is 0.0524. The van der Waals surface area contributed by atoms with E-state index in [9.17, 15) is 4.79 Å². The van der Waals surface area contributed by atoms with E-state index in [0.29, 0.717) is 19.5 Å². The van der Waals surface area contributed by atoms with Crippen LogP contribution in [-0.4, -0.2) is 31.7 Å². The lowest BCUT2D eigenvalue weighted by Crippen LogP contribution is -2.42. The summed E-state index contributed by atoms with van der Waals surface area (Å²) in [6.45, 7) is 5.21. The SMILES string of the molecule is COC(C)(C)CC(=O)NCC1(CN)CCCC1. The second kappa shape index (κ2) is 5.83. The lowest BCUT2D eigenvalue weighted by Gasteiger charge is -2.28. The molecule has 1 fully saturated rings. The summed E-state index contributed by atoms with van der Waals surface area (Å²) in [6.07, 6.45) is 5.13. The highest BCUT2D eigenvalue weighted by Crippen LogP contribution is 2.36. The molecule has 4 heteroatoms. The minimum atomic E-state index is -0.393. The predicted molar refractivity (Wildman–Crippen MR) is 68.7 cm³/mol. The number of nitrogens with two attached hydrogens (primary N) is 1. The molecular weight excluding hydrogens is 216 g/mol. The molecule has 1 rings (SSSR count). The number of hydrogen-bond donors (Lipinski definition) is 2. The Morgan fingerprint density at radius 3 is 2.47 bits per heavy atom. The molecule has 0 aliphatic heterocycles. The Hall–Kier alpha value is -0.610. The number of ether oxygens (including phenoxy) is 1. The lowest BCUT2D eigenvalue weighted by atomic mass is 9.86. The molecule has 0 aromatic heterocycles. The number of nitrogens with one attached hydrogen (secondary N) is 1. The number of carbonyl (C=O) groups excluding carboxylic acids is 1. The van der Waals surface area contributed by atoms with Crippen LogP contribution in [-0.2, 0) is 9.53 Å². The molecular formula is C13H26N2O2. The summed E-state index contributed by atoms with van der Waals surface area (Å²) < 4.78 is 5.25. The van der Waals surface area contributed by atoms with E-state index in [4.69, 9.17) is 10.5 Å². The maximum atomic E-state index is 11.8. The molecule has 0 aromatic rings. The number of amides is 1. The number of methoxy groups -OCH3 is 1. The van der Waals surface area contributed by atoms with Gasteiger partial charge in [0.1, 0.15) is 0 Å². The summed E-state index contributed by atoms with van der Waals surface area (Å²) >= 11 is 0. The van der Waals surface area contributed by atoms with E-state index in [1.165, 1.54) is 12.8 Å². The topological polar surface area (TPSA) is 64.3 Å². The fourth-order valence-corrected chi connectivity index (χ4v) is 2.39. The van der Waals surface area contributed by atoms with E-state index in [1.54, 1.807) is 7.11 Å². The van der Waals surface area contributed by atoms with Crippen molar-refractivity contribution in [2.45, 2.75) is 51.6 Å². The third-order valence-corrected chi connectivity index (χ3v) is 3.90. The van der Waals surface area contributed by atoms with Crippen molar-refractivity contribution in [3.8, 4) is 0 Å². The minimum absolute atomic E-state index is 0.0524. The van der Waals surface area contributed by atoms with Crippen molar-refractivity contribution in [2.24, 2.45) is 11.1 Å². The fraction of sp³-hybridized carbons (Fsp3) is 0.923. The quantitative estimate of drug-likeness (QED) is 0.740. The molecule has 0 radical (unpaired) electrons. The Labute approximate surface area is 104 Å². The molecule has 1 amide bonds. The van der Waals surface area contributed by atoms with Crippen molar-refractivity contribution in [2.75, 3.05) is 20.2 Å². The highest BCUT2D eigenvalue weighted by molar-refractivity contribution is 5.76. The van der Waals surface area contributed by atoms with E-state index in [-0.39, 0.29) is 11.3 Å². The minimum Gasteiger partial charge on any atom is -0.378 e.